The van der Waals surface area contributed by atoms with Gasteiger partial charge in [0.2, 0.25) is 11.8 Å². The topological polar surface area (TPSA) is 182 Å². The molecular weight excluding hydrogens is 1300 g/mol. The third-order valence-corrected chi connectivity index (χ3v) is 29.3. The normalized spacial score (nSPS) is 28.0. The van der Waals surface area contributed by atoms with E-state index < -0.39 is 27.6 Å². The molecule has 3 aliphatic heterocycles. The molecule has 1 atom stereocenters. The van der Waals surface area contributed by atoms with E-state index in [0.29, 0.717) is 80.5 Å². The highest BCUT2D eigenvalue weighted by Crippen LogP contribution is 2.48. The number of carbonyl (C=O) groups is 6. The Hall–Kier alpha value is -4.01. The van der Waals surface area contributed by atoms with Crippen LogP contribution in [-0.2, 0) is 45.5 Å². The van der Waals surface area contributed by atoms with Crippen LogP contribution in [0.3, 0.4) is 0 Å². The molecule has 12 rings (SSSR count). The predicted octanol–water partition coefficient (Wildman–Crippen LogP) is 18.2. The highest BCUT2D eigenvalue weighted by molar-refractivity contribution is 7.99. The molecule has 0 aromatic carbocycles. The Morgan fingerprint density at radius 3 is 1.24 bits per heavy atom. The van der Waals surface area contributed by atoms with Crippen molar-refractivity contribution in [3.63, 3.8) is 0 Å². The summed E-state index contributed by atoms with van der Waals surface area (Å²) in [5, 5.41) is 10.00. The van der Waals surface area contributed by atoms with E-state index in [2.05, 4.69) is 51.1 Å². The number of amides is 2. The van der Waals surface area contributed by atoms with Crippen molar-refractivity contribution in [3.8, 4) is 0 Å². The molecule has 0 radical (unpaired) electrons. The number of ether oxygens (including phenoxy) is 2. The smallest absolute Gasteiger partial charge is 0.350 e. The number of nitrogens with zero attached hydrogens (tertiary/aromatic N) is 2. The Morgan fingerprint density at radius 2 is 0.851 bits per heavy atom. The van der Waals surface area contributed by atoms with Gasteiger partial charge in [-0.1, -0.05) is 51.8 Å². The number of anilines is 2. The van der Waals surface area contributed by atoms with Gasteiger partial charge in [-0.25, -0.2) is 14.4 Å². The number of carboxylic acids is 1. The maximum atomic E-state index is 14.0. The molecule has 0 spiro atoms. The lowest BCUT2D eigenvalue weighted by Gasteiger charge is -2.37. The van der Waals surface area contributed by atoms with E-state index in [9.17, 15) is 42.3 Å². The fourth-order valence-electron chi connectivity index (χ4n) is 16.0. The molecule has 9 aliphatic rings. The van der Waals surface area contributed by atoms with Gasteiger partial charge in [0.1, 0.15) is 20.4 Å². The molecule has 13 nitrogen and oxygen atoms in total. The number of thioether (sulfide) groups is 1. The van der Waals surface area contributed by atoms with Gasteiger partial charge in [0.05, 0.1) is 25.6 Å². The van der Waals surface area contributed by atoms with Crippen LogP contribution in [0.2, 0.25) is 0 Å². The van der Waals surface area contributed by atoms with Crippen molar-refractivity contribution < 1.29 is 51.8 Å². The SMILES string of the molecule is CC1CCC(C(=O)N(c2cc(C3=CCCCC3)sc2C(=O)O)C2CCS(=O)CC2)CC1.COC(=O)c1sc(C2=CCCCC2)cc1C(C(=O)C1CCC(C)CC1)C1CCSCC1.COC(=O)c1sc(C2=CCCCC2)cc1N(C(=O)C1CCC(C)CC1)C1CCS(=O)CC1. The van der Waals surface area contributed by atoms with Crippen LogP contribution in [0.4, 0.5) is 11.4 Å². The second kappa shape index (κ2) is 35.2. The van der Waals surface area contributed by atoms with Crippen LogP contribution in [0.25, 0.3) is 16.7 Å². The molecule has 1 N–H and O–H groups in total. The number of hydrogen-bond acceptors (Lipinski definition) is 14. The highest BCUT2D eigenvalue weighted by atomic mass is 32.2. The van der Waals surface area contributed by atoms with Crippen molar-refractivity contribution in [2.75, 3.05) is 58.5 Å². The molecule has 6 aliphatic carbocycles. The van der Waals surface area contributed by atoms with Gasteiger partial charge < -0.3 is 24.4 Å². The molecule has 1 unspecified atom stereocenters. The zero-order valence-corrected chi connectivity index (χ0v) is 61.5. The second-order valence-corrected chi connectivity index (χ2v) is 36.3. The summed E-state index contributed by atoms with van der Waals surface area (Å²) in [4.78, 5) is 88.0. The van der Waals surface area contributed by atoms with Crippen molar-refractivity contribution in [3.05, 3.63) is 71.3 Å². The van der Waals surface area contributed by atoms with Crippen LogP contribution in [0.1, 0.15) is 269 Å². The Labute approximate surface area is 581 Å². The van der Waals surface area contributed by atoms with Gasteiger partial charge in [-0.3, -0.25) is 22.8 Å². The largest absolute Gasteiger partial charge is 0.477 e. The number of allylic oxidation sites excluding steroid dienone is 6. The van der Waals surface area contributed by atoms with Crippen LogP contribution in [0, 0.1) is 41.4 Å². The number of carboxylic acid groups (broad SMARTS) is 1. The summed E-state index contributed by atoms with van der Waals surface area (Å²) in [6.07, 6.45) is 37.2. The van der Waals surface area contributed by atoms with E-state index in [-0.39, 0.29) is 64.4 Å². The Morgan fingerprint density at radius 1 is 0.479 bits per heavy atom. The average Bonchev–Trinajstić information content (AvgIpc) is 1.60. The first kappa shape index (κ1) is 72.7. The monoisotopic (exact) mass is 1400 g/mol. The summed E-state index contributed by atoms with van der Waals surface area (Å²) in [5.74, 6) is 6.00. The summed E-state index contributed by atoms with van der Waals surface area (Å²) in [6, 6.07) is 6.14. The van der Waals surface area contributed by atoms with Crippen LogP contribution in [0.15, 0.2) is 36.4 Å². The maximum Gasteiger partial charge on any atom is 0.350 e. The van der Waals surface area contributed by atoms with E-state index in [0.717, 1.165) is 187 Å². The van der Waals surface area contributed by atoms with Crippen LogP contribution < -0.4 is 9.80 Å². The lowest BCUT2D eigenvalue weighted by Crippen LogP contribution is -2.47. The van der Waals surface area contributed by atoms with Crippen LogP contribution in [-0.4, -0.2) is 110 Å². The van der Waals surface area contributed by atoms with Gasteiger partial charge in [0, 0.05) is 95.0 Å². The van der Waals surface area contributed by atoms with Crippen LogP contribution >= 0.6 is 45.8 Å². The first-order valence-corrected chi connectivity index (χ1v) is 42.4. The Kier molecular flexibility index (Phi) is 27.2. The molecule has 6 heterocycles. The van der Waals surface area contributed by atoms with E-state index in [1.54, 1.807) is 11.3 Å². The lowest BCUT2D eigenvalue weighted by molar-refractivity contribution is -0.127. The number of esters is 2. The van der Waals surface area contributed by atoms with Gasteiger partial charge >= 0.3 is 17.9 Å². The van der Waals surface area contributed by atoms with Gasteiger partial charge in [0.25, 0.3) is 0 Å². The summed E-state index contributed by atoms with van der Waals surface area (Å²) in [7, 11) is 1.23. The van der Waals surface area contributed by atoms with Gasteiger partial charge in [0.15, 0.2) is 0 Å². The van der Waals surface area contributed by atoms with Crippen molar-refractivity contribution in [2.24, 2.45) is 41.4 Å². The van der Waals surface area contributed by atoms with Gasteiger partial charge in [-0.05, 0) is 255 Å². The number of Topliss-reactive ketones (excluding diaryl/α,β-unsaturated/α-hetero) is 1. The highest BCUT2D eigenvalue weighted by Gasteiger charge is 2.42. The second-order valence-electron chi connectivity index (χ2n) is 28.5. The molecule has 6 fully saturated rings. The third-order valence-electron chi connectivity index (χ3n) is 21.9. The number of ketones is 1. The van der Waals surface area contributed by atoms with Crippen molar-refractivity contribution >= 4 is 131 Å². The van der Waals surface area contributed by atoms with Crippen molar-refractivity contribution in [1.29, 1.82) is 0 Å². The minimum atomic E-state index is -0.961. The van der Waals surface area contributed by atoms with E-state index >= 15 is 0 Å². The molecule has 516 valence electrons. The minimum absolute atomic E-state index is 0.00127. The zero-order valence-electron chi connectivity index (χ0n) is 56.6. The number of carbonyl (C=O) groups excluding carboxylic acids is 5. The first-order chi connectivity index (χ1) is 45.5. The number of aromatic carboxylic acids is 1. The van der Waals surface area contributed by atoms with Crippen LogP contribution in [0.5, 0.6) is 0 Å². The predicted molar refractivity (Wildman–Crippen MR) is 390 cm³/mol. The summed E-state index contributed by atoms with van der Waals surface area (Å²) in [5.41, 5.74) is 6.10. The molecule has 3 saturated carbocycles. The van der Waals surface area contributed by atoms with E-state index in [1.165, 1.54) is 84.2 Å². The lowest BCUT2D eigenvalue weighted by atomic mass is 9.71. The quantitative estimate of drug-likeness (QED) is 0.134. The third kappa shape index (κ3) is 18.4. The number of methoxy groups -OCH3 is 2. The summed E-state index contributed by atoms with van der Waals surface area (Å²) >= 11 is 6.32. The fraction of sp³-hybridized carbons (Fsp3) is 0.680. The maximum absolute atomic E-state index is 14.0. The molecule has 3 saturated heterocycles. The van der Waals surface area contributed by atoms with Gasteiger partial charge in [-0.15, -0.1) is 34.0 Å². The number of rotatable bonds is 16. The van der Waals surface area contributed by atoms with Crippen molar-refractivity contribution in [2.45, 2.75) is 231 Å². The fourth-order valence-corrected chi connectivity index (χ4v) is 23.1. The number of hydrogen-bond donors (Lipinski definition) is 1. The van der Waals surface area contributed by atoms with E-state index in [4.69, 9.17) is 9.47 Å². The van der Waals surface area contributed by atoms with Crippen molar-refractivity contribution in [1.82, 2.24) is 0 Å². The minimum Gasteiger partial charge on any atom is -0.477 e. The van der Waals surface area contributed by atoms with Gasteiger partial charge in [-0.2, -0.15) is 11.8 Å². The molecule has 94 heavy (non-hydrogen) atoms. The molecule has 2 amide bonds. The summed E-state index contributed by atoms with van der Waals surface area (Å²) < 4.78 is 34.3. The number of thiophene rings is 3. The van der Waals surface area contributed by atoms with E-state index in [1.807, 2.05) is 27.6 Å². The Bertz CT molecular complexity index is 3250. The first-order valence-electron chi connectivity index (χ1n) is 35.9. The molecule has 19 heteroatoms. The average molecular weight is 1400 g/mol. The Balaban J connectivity index is 0.000000154. The summed E-state index contributed by atoms with van der Waals surface area (Å²) in [6.45, 7) is 6.79. The molecule has 0 bridgehead atoms. The molecule has 3 aromatic rings. The standard InChI is InChI=1S/C26H36O3S2.C25H35NO4S2.C24H33NO4S2/c1-17-8-10-20(11-9-17)24(27)23(19-12-14-30-15-13-19)21-16-22(18-6-4-3-5-7-18)31-25(21)26(28)29-2;1-17-8-10-19(11-9-17)24(27)26(20-12-14-32(29)15-13-20)21-16-22(18-6-4-3-5-7-18)31-23(21)25(28)30-2;1-16-7-9-18(10-8-16)23(26)25(19-11-13-31(29)14-12-19)20-15-21(30-22(20)24(27)28)17-5-3-2-4-6-17/h6,16-17,19-20,23H,3-5,7-15H2,1-2H3;6,16-17,19-20H,3-5,7-15H2,1-2H3;5,15-16,18-19H,2-4,6-14H2,1H3,(H,27,28). The molecule has 3 aromatic heterocycles. The molecular formula is C75H104N2O11S6. The zero-order chi connectivity index (χ0) is 66.4.